The lowest BCUT2D eigenvalue weighted by atomic mass is 9.75. The van der Waals surface area contributed by atoms with E-state index < -0.39 is 0 Å². The summed E-state index contributed by atoms with van der Waals surface area (Å²) in [6.07, 6.45) is 0.952. The second-order valence-electron chi connectivity index (χ2n) is 4.62. The lowest BCUT2D eigenvalue weighted by Crippen LogP contribution is -2.17. The summed E-state index contributed by atoms with van der Waals surface area (Å²) in [5.74, 6) is 0.501. The summed E-state index contributed by atoms with van der Waals surface area (Å²) >= 11 is 0. The molecule has 1 atom stereocenters. The summed E-state index contributed by atoms with van der Waals surface area (Å²) in [5.41, 5.74) is 1.62. The monoisotopic (exact) mass is 177 g/mol. The van der Waals surface area contributed by atoms with Crippen LogP contribution in [0.4, 0.5) is 0 Å². The largest absolute Gasteiger partial charge is 0.0648 e. The zero-order valence-electron chi connectivity index (χ0n) is 9.88. The van der Waals surface area contributed by atoms with Gasteiger partial charge in [-0.2, -0.15) is 0 Å². The minimum Gasteiger partial charge on any atom is -0.0648 e. The Balaban J connectivity index is 2.89. The van der Waals surface area contributed by atoms with Crippen LogP contribution in [0.25, 0.3) is 0 Å². The third-order valence-electron chi connectivity index (χ3n) is 2.54. The van der Waals surface area contributed by atoms with Crippen LogP contribution in [0, 0.1) is 5.41 Å². The molecule has 0 N–H and O–H groups in total. The highest BCUT2D eigenvalue weighted by Crippen LogP contribution is 2.37. The van der Waals surface area contributed by atoms with Crippen molar-refractivity contribution in [3.8, 4) is 0 Å². The molecule has 0 saturated carbocycles. The average Bonchev–Trinajstić information content (AvgIpc) is 2.14. The summed E-state index contributed by atoms with van der Waals surface area (Å²) in [6, 6.07) is 10.6. The molecule has 0 amide bonds. The molecule has 72 valence electrons. The molecule has 0 bridgehead atoms. The van der Waals surface area contributed by atoms with Crippen LogP contribution < -0.4 is 0 Å². The molecule has 0 aromatic heterocycles. The SMILES string of the molecule is [2H]CCC(c1ccccc1)C(C)(C)C. The molecule has 0 aliphatic rings. The van der Waals surface area contributed by atoms with Gasteiger partial charge >= 0.3 is 0 Å². The molecular weight excluding hydrogens is 156 g/mol. The molecule has 0 fully saturated rings. The number of hydrogen-bond donors (Lipinski definition) is 0. The Labute approximate surface area is 83.4 Å². The van der Waals surface area contributed by atoms with Crippen molar-refractivity contribution in [1.29, 1.82) is 0 Å². The Kier molecular flexibility index (Phi) is 2.68. The van der Waals surface area contributed by atoms with E-state index in [1.165, 1.54) is 5.56 Å². The molecule has 13 heavy (non-hydrogen) atoms. The molecular formula is C13H20. The maximum absolute atomic E-state index is 7.36. The summed E-state index contributed by atoms with van der Waals surface area (Å²) in [7, 11) is 0. The molecule has 1 aromatic carbocycles. The van der Waals surface area contributed by atoms with Gasteiger partial charge in [0.05, 0.1) is 0 Å². The van der Waals surface area contributed by atoms with Gasteiger partial charge < -0.3 is 0 Å². The fourth-order valence-corrected chi connectivity index (χ4v) is 1.79. The van der Waals surface area contributed by atoms with Gasteiger partial charge in [-0.25, -0.2) is 0 Å². The smallest absolute Gasteiger partial charge is 0.0231 e. The van der Waals surface area contributed by atoms with E-state index in [9.17, 15) is 0 Å². The van der Waals surface area contributed by atoms with Gasteiger partial charge in [0.15, 0.2) is 0 Å². The van der Waals surface area contributed by atoms with Gasteiger partial charge in [-0.1, -0.05) is 58.0 Å². The fourth-order valence-electron chi connectivity index (χ4n) is 1.79. The molecule has 1 aromatic rings. The summed E-state index contributed by atoms with van der Waals surface area (Å²) < 4.78 is 7.36. The van der Waals surface area contributed by atoms with Crippen LogP contribution in [-0.2, 0) is 0 Å². The molecule has 0 heteroatoms. The van der Waals surface area contributed by atoms with E-state index in [4.69, 9.17) is 1.37 Å². The predicted octanol–water partition coefficient (Wildman–Crippen LogP) is 4.23. The number of rotatable bonds is 2. The Morgan fingerprint density at radius 2 is 1.85 bits per heavy atom. The molecule has 0 aliphatic carbocycles. The van der Waals surface area contributed by atoms with E-state index in [2.05, 4.69) is 45.0 Å². The van der Waals surface area contributed by atoms with E-state index in [-0.39, 0.29) is 5.41 Å². The normalized spacial score (nSPS) is 15.2. The van der Waals surface area contributed by atoms with Gasteiger partial charge in [-0.3, -0.25) is 0 Å². The lowest BCUT2D eigenvalue weighted by Gasteiger charge is -2.30. The molecule has 0 radical (unpaired) electrons. The van der Waals surface area contributed by atoms with Crippen molar-refractivity contribution in [3.05, 3.63) is 35.9 Å². The summed E-state index contributed by atoms with van der Waals surface area (Å²) in [6.45, 7) is 7.26. The molecule has 0 saturated heterocycles. The van der Waals surface area contributed by atoms with Crippen molar-refractivity contribution in [3.63, 3.8) is 0 Å². The van der Waals surface area contributed by atoms with Crippen LogP contribution >= 0.6 is 0 Å². The Bertz CT molecular complexity index is 258. The number of benzene rings is 1. The van der Waals surface area contributed by atoms with Gasteiger partial charge in [-0.05, 0) is 23.3 Å². The maximum Gasteiger partial charge on any atom is 0.0231 e. The minimum absolute atomic E-state index is 0.252. The Morgan fingerprint density at radius 1 is 1.23 bits per heavy atom. The van der Waals surface area contributed by atoms with E-state index in [0.717, 1.165) is 6.42 Å². The highest BCUT2D eigenvalue weighted by molar-refractivity contribution is 5.21. The predicted molar refractivity (Wildman–Crippen MR) is 58.9 cm³/mol. The van der Waals surface area contributed by atoms with Crippen molar-refractivity contribution < 1.29 is 1.37 Å². The average molecular weight is 177 g/mol. The van der Waals surface area contributed by atoms with Crippen LogP contribution in [0.15, 0.2) is 30.3 Å². The van der Waals surface area contributed by atoms with Gasteiger partial charge in [0.1, 0.15) is 0 Å². The Morgan fingerprint density at radius 3 is 2.31 bits per heavy atom. The van der Waals surface area contributed by atoms with Crippen LogP contribution in [-0.4, -0.2) is 0 Å². The first kappa shape index (κ1) is 8.80. The van der Waals surface area contributed by atoms with Gasteiger partial charge in [-0.15, -0.1) is 0 Å². The lowest BCUT2D eigenvalue weighted by molar-refractivity contribution is 0.312. The van der Waals surface area contributed by atoms with Crippen molar-refractivity contribution >= 4 is 0 Å². The third kappa shape index (κ3) is 2.58. The summed E-state index contributed by atoms with van der Waals surface area (Å²) in [4.78, 5) is 0. The Hall–Kier alpha value is -0.780. The highest BCUT2D eigenvalue weighted by Gasteiger charge is 2.23. The van der Waals surface area contributed by atoms with Crippen molar-refractivity contribution in [2.45, 2.75) is 40.0 Å². The van der Waals surface area contributed by atoms with Crippen molar-refractivity contribution in [1.82, 2.24) is 0 Å². The zero-order chi connectivity index (χ0) is 10.6. The standard InChI is InChI=1S/C13H20/c1-5-12(13(2,3)4)11-9-7-6-8-10-11/h6-10,12H,5H2,1-4H3/i1D. The van der Waals surface area contributed by atoms with Crippen molar-refractivity contribution in [2.75, 3.05) is 0 Å². The quantitative estimate of drug-likeness (QED) is 0.634. The zero-order valence-corrected chi connectivity index (χ0v) is 8.88. The molecule has 1 unspecified atom stereocenters. The molecule has 0 nitrogen and oxygen atoms in total. The minimum atomic E-state index is 0.252. The highest BCUT2D eigenvalue weighted by atomic mass is 14.3. The van der Waals surface area contributed by atoms with Crippen molar-refractivity contribution in [2.24, 2.45) is 5.41 Å². The van der Waals surface area contributed by atoms with E-state index >= 15 is 0 Å². The molecule has 0 heterocycles. The van der Waals surface area contributed by atoms with Crippen LogP contribution in [0.3, 0.4) is 0 Å². The first-order valence-corrected chi connectivity index (χ1v) is 4.90. The molecule has 0 aliphatic heterocycles. The van der Waals surface area contributed by atoms with Crippen LogP contribution in [0.5, 0.6) is 0 Å². The first-order chi connectivity index (χ1) is 6.55. The molecule has 0 spiro atoms. The van der Waals surface area contributed by atoms with Crippen LogP contribution in [0.2, 0.25) is 0 Å². The van der Waals surface area contributed by atoms with Gasteiger partial charge in [0.25, 0.3) is 0 Å². The summed E-state index contributed by atoms with van der Waals surface area (Å²) in [5, 5.41) is 0. The van der Waals surface area contributed by atoms with E-state index in [1.807, 2.05) is 6.07 Å². The van der Waals surface area contributed by atoms with E-state index in [1.54, 1.807) is 0 Å². The first-order valence-electron chi connectivity index (χ1n) is 5.60. The second kappa shape index (κ2) is 3.95. The van der Waals surface area contributed by atoms with E-state index in [0.29, 0.717) is 12.8 Å². The van der Waals surface area contributed by atoms with Gasteiger partial charge in [0, 0.05) is 1.37 Å². The third-order valence-corrected chi connectivity index (χ3v) is 2.54. The number of hydrogen-bond acceptors (Lipinski definition) is 0. The van der Waals surface area contributed by atoms with Gasteiger partial charge in [0.2, 0.25) is 0 Å². The molecule has 1 rings (SSSR count). The van der Waals surface area contributed by atoms with Crippen LogP contribution in [0.1, 0.15) is 46.9 Å². The topological polar surface area (TPSA) is 0 Å². The fraction of sp³-hybridized carbons (Fsp3) is 0.538. The second-order valence-corrected chi connectivity index (χ2v) is 4.62. The maximum atomic E-state index is 7.36.